The van der Waals surface area contributed by atoms with Crippen molar-refractivity contribution in [2.75, 3.05) is 25.0 Å². The van der Waals surface area contributed by atoms with Crippen molar-refractivity contribution in [3.63, 3.8) is 0 Å². The number of carbonyl (C=O) groups is 2. The maximum absolute atomic E-state index is 12.3. The zero-order chi connectivity index (χ0) is 18.4. The Hall–Kier alpha value is -2.89. The minimum atomic E-state index is -0.272. The van der Waals surface area contributed by atoms with Crippen molar-refractivity contribution in [2.45, 2.75) is 19.9 Å². The van der Waals surface area contributed by atoms with Crippen molar-refractivity contribution < 1.29 is 9.59 Å². The average Bonchev–Trinajstić information content (AvgIpc) is 3.02. The fourth-order valence-electron chi connectivity index (χ4n) is 3.02. The lowest BCUT2D eigenvalue weighted by Gasteiger charge is -2.17. The van der Waals surface area contributed by atoms with Crippen LogP contribution >= 0.6 is 0 Å². The van der Waals surface area contributed by atoms with Gasteiger partial charge in [0.05, 0.1) is 11.6 Å². The molecule has 1 atom stereocenters. The van der Waals surface area contributed by atoms with E-state index in [9.17, 15) is 9.59 Å². The highest BCUT2D eigenvalue weighted by Crippen LogP contribution is 2.20. The molecular weight excluding hydrogens is 328 g/mol. The van der Waals surface area contributed by atoms with Gasteiger partial charge in [0.15, 0.2) is 0 Å². The van der Waals surface area contributed by atoms with Gasteiger partial charge in [-0.05, 0) is 24.6 Å². The van der Waals surface area contributed by atoms with Crippen LogP contribution in [0.2, 0.25) is 0 Å². The third-order valence-corrected chi connectivity index (χ3v) is 4.49. The number of hydrogen-bond donors (Lipinski definition) is 2. The fourth-order valence-corrected chi connectivity index (χ4v) is 3.02. The first-order valence-corrected chi connectivity index (χ1v) is 8.87. The summed E-state index contributed by atoms with van der Waals surface area (Å²) < 4.78 is 0. The number of nitrogens with one attached hydrogen (secondary N) is 2. The van der Waals surface area contributed by atoms with Gasteiger partial charge >= 0.3 is 0 Å². The van der Waals surface area contributed by atoms with Crippen LogP contribution in [-0.4, -0.2) is 41.3 Å². The van der Waals surface area contributed by atoms with E-state index in [-0.39, 0.29) is 24.2 Å². The number of rotatable bonds is 7. The van der Waals surface area contributed by atoms with Gasteiger partial charge in [-0.2, -0.15) is 0 Å². The summed E-state index contributed by atoms with van der Waals surface area (Å²) in [5.41, 5.74) is 3.20. The number of aryl methyl sites for hydroxylation is 1. The van der Waals surface area contributed by atoms with E-state index in [0.717, 1.165) is 11.3 Å². The van der Waals surface area contributed by atoms with Crippen molar-refractivity contribution in [3.05, 3.63) is 59.9 Å². The number of aromatic nitrogens is 1. The molecule has 2 N–H and O–H groups in total. The Balaban J connectivity index is 1.42. The van der Waals surface area contributed by atoms with E-state index in [0.29, 0.717) is 26.2 Å². The van der Waals surface area contributed by atoms with Gasteiger partial charge < -0.3 is 15.5 Å². The summed E-state index contributed by atoms with van der Waals surface area (Å²) in [4.78, 5) is 30.3. The Morgan fingerprint density at radius 2 is 2.04 bits per heavy atom. The molecule has 136 valence electrons. The molecule has 1 unspecified atom stereocenters. The Bertz CT molecular complexity index is 746. The summed E-state index contributed by atoms with van der Waals surface area (Å²) in [6.45, 7) is 4.20. The molecule has 0 saturated carbocycles. The first-order valence-electron chi connectivity index (χ1n) is 8.87. The Morgan fingerprint density at radius 3 is 2.77 bits per heavy atom. The summed E-state index contributed by atoms with van der Waals surface area (Å²) in [6, 6.07) is 11.9. The quantitative estimate of drug-likeness (QED) is 0.747. The molecule has 1 saturated heterocycles. The van der Waals surface area contributed by atoms with E-state index in [2.05, 4.69) is 15.6 Å². The predicted molar refractivity (Wildman–Crippen MR) is 100 cm³/mol. The average molecular weight is 352 g/mol. The molecule has 2 amide bonds. The van der Waals surface area contributed by atoms with Gasteiger partial charge in [0.2, 0.25) is 11.8 Å². The molecule has 2 aromatic rings. The largest absolute Gasteiger partial charge is 0.382 e. The van der Waals surface area contributed by atoms with Crippen LogP contribution in [0.3, 0.4) is 0 Å². The predicted octanol–water partition coefficient (Wildman–Crippen LogP) is 1.97. The lowest BCUT2D eigenvalue weighted by molar-refractivity contribution is -0.129. The van der Waals surface area contributed by atoms with E-state index < -0.39 is 0 Å². The smallest absolute Gasteiger partial charge is 0.225 e. The molecule has 0 radical (unpaired) electrons. The molecular formula is C20H24N4O2. The van der Waals surface area contributed by atoms with E-state index in [1.807, 2.05) is 43.3 Å². The van der Waals surface area contributed by atoms with Crippen LogP contribution in [0, 0.1) is 12.8 Å². The van der Waals surface area contributed by atoms with E-state index >= 15 is 0 Å². The molecule has 0 aliphatic carbocycles. The number of nitrogens with zero attached hydrogens (tertiary/aromatic N) is 2. The standard InChI is InChI=1S/C20H24N4O2/c1-15-4-6-16(7-5-15)13-24-14-17(11-19(24)25)20(26)23-10-9-22-18-3-2-8-21-12-18/h2-8,12,17,22H,9-11,13-14H2,1H3,(H,23,26). The number of anilines is 1. The molecule has 1 aromatic heterocycles. The number of carbonyl (C=O) groups excluding carboxylic acids is 2. The molecule has 1 aliphatic heterocycles. The Labute approximate surface area is 153 Å². The van der Waals surface area contributed by atoms with Gasteiger partial charge in [0.25, 0.3) is 0 Å². The minimum absolute atomic E-state index is 0.0409. The van der Waals surface area contributed by atoms with E-state index in [1.165, 1.54) is 5.56 Å². The monoisotopic (exact) mass is 352 g/mol. The number of hydrogen-bond acceptors (Lipinski definition) is 4. The molecule has 6 nitrogen and oxygen atoms in total. The van der Waals surface area contributed by atoms with E-state index in [4.69, 9.17) is 0 Å². The van der Waals surface area contributed by atoms with Crippen LogP contribution in [0.25, 0.3) is 0 Å². The Morgan fingerprint density at radius 1 is 1.23 bits per heavy atom. The summed E-state index contributed by atoms with van der Waals surface area (Å²) in [6.07, 6.45) is 3.74. The molecule has 26 heavy (non-hydrogen) atoms. The molecule has 1 aliphatic rings. The second-order valence-corrected chi connectivity index (χ2v) is 6.62. The van der Waals surface area contributed by atoms with Crippen LogP contribution in [-0.2, 0) is 16.1 Å². The molecule has 0 bridgehead atoms. The Kier molecular flexibility index (Phi) is 5.84. The SMILES string of the molecule is Cc1ccc(CN2CC(C(=O)NCCNc3cccnc3)CC2=O)cc1. The summed E-state index contributed by atoms with van der Waals surface area (Å²) in [5.74, 6) is -0.289. The third kappa shape index (κ3) is 4.81. The normalized spacial score (nSPS) is 16.6. The van der Waals surface area contributed by atoms with Crippen molar-refractivity contribution >= 4 is 17.5 Å². The van der Waals surface area contributed by atoms with Crippen molar-refractivity contribution in [3.8, 4) is 0 Å². The maximum atomic E-state index is 12.3. The molecule has 0 spiro atoms. The van der Waals surface area contributed by atoms with Crippen LogP contribution in [0.15, 0.2) is 48.8 Å². The maximum Gasteiger partial charge on any atom is 0.225 e. The van der Waals surface area contributed by atoms with E-state index in [1.54, 1.807) is 17.3 Å². The number of likely N-dealkylation sites (tertiary alicyclic amines) is 1. The zero-order valence-electron chi connectivity index (χ0n) is 14.9. The molecule has 3 rings (SSSR count). The lowest BCUT2D eigenvalue weighted by atomic mass is 10.1. The highest BCUT2D eigenvalue weighted by molar-refractivity contribution is 5.89. The number of amides is 2. The van der Waals surface area contributed by atoms with Crippen LogP contribution < -0.4 is 10.6 Å². The van der Waals surface area contributed by atoms with Gasteiger partial charge in [-0.15, -0.1) is 0 Å². The highest BCUT2D eigenvalue weighted by atomic mass is 16.2. The minimum Gasteiger partial charge on any atom is -0.382 e. The third-order valence-electron chi connectivity index (χ3n) is 4.49. The van der Waals surface area contributed by atoms with Crippen molar-refractivity contribution in [1.29, 1.82) is 0 Å². The molecule has 1 fully saturated rings. The van der Waals surface area contributed by atoms with Gasteiger partial charge in [-0.3, -0.25) is 14.6 Å². The topological polar surface area (TPSA) is 74.3 Å². The zero-order valence-corrected chi connectivity index (χ0v) is 14.9. The number of pyridine rings is 1. The first-order chi connectivity index (χ1) is 12.6. The van der Waals surface area contributed by atoms with Crippen LogP contribution in [0.1, 0.15) is 17.5 Å². The van der Waals surface area contributed by atoms with Gasteiger partial charge in [-0.25, -0.2) is 0 Å². The van der Waals surface area contributed by atoms with Crippen LogP contribution in [0.4, 0.5) is 5.69 Å². The first kappa shape index (κ1) is 17.9. The number of benzene rings is 1. The summed E-state index contributed by atoms with van der Waals surface area (Å²) in [5, 5.41) is 6.10. The lowest BCUT2D eigenvalue weighted by Crippen LogP contribution is -2.35. The van der Waals surface area contributed by atoms with Gasteiger partial charge in [0, 0.05) is 45.0 Å². The highest BCUT2D eigenvalue weighted by Gasteiger charge is 2.33. The van der Waals surface area contributed by atoms with Crippen molar-refractivity contribution in [2.24, 2.45) is 5.92 Å². The van der Waals surface area contributed by atoms with Gasteiger partial charge in [-0.1, -0.05) is 29.8 Å². The summed E-state index contributed by atoms with van der Waals surface area (Å²) in [7, 11) is 0. The van der Waals surface area contributed by atoms with Gasteiger partial charge in [0.1, 0.15) is 0 Å². The fraction of sp³-hybridized carbons (Fsp3) is 0.350. The molecule has 1 aromatic carbocycles. The molecule has 6 heteroatoms. The second-order valence-electron chi connectivity index (χ2n) is 6.62. The van der Waals surface area contributed by atoms with Crippen molar-refractivity contribution in [1.82, 2.24) is 15.2 Å². The molecule has 2 heterocycles. The summed E-state index contributed by atoms with van der Waals surface area (Å²) >= 11 is 0. The second kappa shape index (κ2) is 8.47. The van der Waals surface area contributed by atoms with Crippen LogP contribution in [0.5, 0.6) is 0 Å².